The number of para-hydroxylation sites is 1. The number of aryl methyl sites for hydroxylation is 1. The van der Waals surface area contributed by atoms with Gasteiger partial charge in [0.25, 0.3) is 0 Å². The number of carbonyl (C=O) groups excluding carboxylic acids is 1. The summed E-state index contributed by atoms with van der Waals surface area (Å²) in [4.78, 5) is 13.9. The molecule has 0 aliphatic carbocycles. The Labute approximate surface area is 126 Å². The van der Waals surface area contributed by atoms with E-state index in [1.165, 1.54) is 5.56 Å². The van der Waals surface area contributed by atoms with Crippen LogP contribution in [-0.2, 0) is 17.8 Å². The third-order valence-corrected chi connectivity index (χ3v) is 3.59. The number of carbonyl (C=O) groups is 1. The van der Waals surface area contributed by atoms with Crippen LogP contribution in [-0.4, -0.2) is 17.9 Å². The Morgan fingerprint density at radius 3 is 2.43 bits per heavy atom. The molecule has 0 aliphatic heterocycles. The summed E-state index contributed by atoms with van der Waals surface area (Å²) in [6.07, 6.45) is 2.38. The highest BCUT2D eigenvalue weighted by molar-refractivity contribution is 5.76. The summed E-state index contributed by atoms with van der Waals surface area (Å²) in [5.41, 5.74) is 8.92. The van der Waals surface area contributed by atoms with Crippen LogP contribution < -0.4 is 5.73 Å². The minimum Gasteiger partial charge on any atom is -0.398 e. The van der Waals surface area contributed by atoms with E-state index in [0.717, 1.165) is 24.1 Å². The lowest BCUT2D eigenvalue weighted by Crippen LogP contribution is -2.26. The van der Waals surface area contributed by atoms with Gasteiger partial charge < -0.3 is 10.6 Å². The SMILES string of the molecule is CN(Cc1ccccc1N)C(=O)CCCc1ccccc1. The first-order valence-electron chi connectivity index (χ1n) is 7.28. The number of benzene rings is 2. The third-order valence-electron chi connectivity index (χ3n) is 3.59. The molecule has 0 saturated heterocycles. The van der Waals surface area contributed by atoms with Crippen molar-refractivity contribution in [1.29, 1.82) is 0 Å². The van der Waals surface area contributed by atoms with Crippen LogP contribution in [0.1, 0.15) is 24.0 Å². The molecule has 0 aromatic heterocycles. The highest BCUT2D eigenvalue weighted by Gasteiger charge is 2.10. The maximum absolute atomic E-state index is 12.1. The van der Waals surface area contributed by atoms with Crippen LogP contribution in [0.2, 0.25) is 0 Å². The molecule has 0 spiro atoms. The maximum atomic E-state index is 12.1. The minimum absolute atomic E-state index is 0.161. The number of hydrogen-bond acceptors (Lipinski definition) is 2. The summed E-state index contributed by atoms with van der Waals surface area (Å²) in [6.45, 7) is 0.566. The fourth-order valence-corrected chi connectivity index (χ4v) is 2.30. The fourth-order valence-electron chi connectivity index (χ4n) is 2.30. The third kappa shape index (κ3) is 4.63. The molecule has 3 nitrogen and oxygen atoms in total. The molecular weight excluding hydrogens is 260 g/mol. The number of hydrogen-bond donors (Lipinski definition) is 1. The Balaban J connectivity index is 1.79. The highest BCUT2D eigenvalue weighted by atomic mass is 16.2. The Morgan fingerprint density at radius 1 is 1.05 bits per heavy atom. The average Bonchev–Trinajstić information content (AvgIpc) is 2.50. The Hall–Kier alpha value is -2.29. The molecule has 0 bridgehead atoms. The Morgan fingerprint density at radius 2 is 1.71 bits per heavy atom. The first-order valence-corrected chi connectivity index (χ1v) is 7.28. The zero-order chi connectivity index (χ0) is 15.1. The van der Waals surface area contributed by atoms with Gasteiger partial charge >= 0.3 is 0 Å². The molecule has 2 aromatic rings. The predicted molar refractivity (Wildman–Crippen MR) is 86.7 cm³/mol. The van der Waals surface area contributed by atoms with Crippen LogP contribution in [0.25, 0.3) is 0 Å². The smallest absolute Gasteiger partial charge is 0.222 e. The van der Waals surface area contributed by atoms with E-state index >= 15 is 0 Å². The monoisotopic (exact) mass is 282 g/mol. The molecule has 0 aliphatic rings. The molecule has 0 saturated carbocycles. The van der Waals surface area contributed by atoms with Crippen LogP contribution in [0.15, 0.2) is 54.6 Å². The molecule has 1 amide bonds. The molecule has 110 valence electrons. The molecule has 3 heteroatoms. The number of anilines is 1. The zero-order valence-corrected chi connectivity index (χ0v) is 12.5. The molecular formula is C18H22N2O. The lowest BCUT2D eigenvalue weighted by atomic mass is 10.1. The largest absolute Gasteiger partial charge is 0.398 e. The van der Waals surface area contributed by atoms with Crippen molar-refractivity contribution in [3.63, 3.8) is 0 Å². The molecule has 21 heavy (non-hydrogen) atoms. The van der Waals surface area contributed by atoms with Crippen LogP contribution in [0, 0.1) is 0 Å². The fraction of sp³-hybridized carbons (Fsp3) is 0.278. The van der Waals surface area contributed by atoms with Crippen LogP contribution >= 0.6 is 0 Å². The second kappa shape index (κ2) is 7.48. The molecule has 0 fully saturated rings. The van der Waals surface area contributed by atoms with Gasteiger partial charge in [-0.25, -0.2) is 0 Å². The molecule has 0 unspecified atom stereocenters. The topological polar surface area (TPSA) is 46.3 Å². The maximum Gasteiger partial charge on any atom is 0.222 e. The summed E-state index contributed by atoms with van der Waals surface area (Å²) in [5.74, 6) is 0.161. The molecule has 2 aromatic carbocycles. The number of nitrogens with two attached hydrogens (primary N) is 1. The first kappa shape index (κ1) is 15.1. The van der Waals surface area contributed by atoms with Gasteiger partial charge in [-0.3, -0.25) is 4.79 Å². The van der Waals surface area contributed by atoms with E-state index in [0.29, 0.717) is 13.0 Å². The van der Waals surface area contributed by atoms with E-state index in [4.69, 9.17) is 5.73 Å². The van der Waals surface area contributed by atoms with Crippen molar-refractivity contribution in [2.75, 3.05) is 12.8 Å². The molecule has 2 N–H and O–H groups in total. The molecule has 2 rings (SSSR count). The van der Waals surface area contributed by atoms with Crippen LogP contribution in [0.4, 0.5) is 5.69 Å². The summed E-state index contributed by atoms with van der Waals surface area (Å²) in [6, 6.07) is 17.9. The standard InChI is InChI=1S/C18H22N2O/c1-20(14-16-11-5-6-12-17(16)19)18(21)13-7-10-15-8-3-2-4-9-15/h2-6,8-9,11-12H,7,10,13-14,19H2,1H3. The number of nitrogens with zero attached hydrogens (tertiary/aromatic N) is 1. The number of amides is 1. The van der Waals surface area contributed by atoms with Gasteiger partial charge in [0.15, 0.2) is 0 Å². The van der Waals surface area contributed by atoms with Gasteiger partial charge in [0.05, 0.1) is 0 Å². The van der Waals surface area contributed by atoms with Crippen LogP contribution in [0.3, 0.4) is 0 Å². The summed E-state index contributed by atoms with van der Waals surface area (Å²) >= 11 is 0. The second-order valence-corrected chi connectivity index (χ2v) is 5.29. The average molecular weight is 282 g/mol. The highest BCUT2D eigenvalue weighted by Crippen LogP contribution is 2.13. The predicted octanol–water partition coefficient (Wildman–Crippen LogP) is 3.25. The quantitative estimate of drug-likeness (QED) is 0.827. The van der Waals surface area contributed by atoms with E-state index in [-0.39, 0.29) is 5.91 Å². The van der Waals surface area contributed by atoms with Crippen molar-refractivity contribution in [3.8, 4) is 0 Å². The molecule has 0 radical (unpaired) electrons. The van der Waals surface area contributed by atoms with E-state index in [1.54, 1.807) is 4.90 Å². The second-order valence-electron chi connectivity index (χ2n) is 5.29. The van der Waals surface area contributed by atoms with Crippen molar-refractivity contribution in [1.82, 2.24) is 4.90 Å². The lowest BCUT2D eigenvalue weighted by molar-refractivity contribution is -0.130. The lowest BCUT2D eigenvalue weighted by Gasteiger charge is -2.18. The van der Waals surface area contributed by atoms with Crippen molar-refractivity contribution >= 4 is 11.6 Å². The summed E-state index contributed by atoms with van der Waals surface area (Å²) < 4.78 is 0. The van der Waals surface area contributed by atoms with Gasteiger partial charge in [0.1, 0.15) is 0 Å². The Bertz CT molecular complexity index is 581. The van der Waals surface area contributed by atoms with Gasteiger partial charge in [-0.15, -0.1) is 0 Å². The van der Waals surface area contributed by atoms with E-state index in [2.05, 4.69) is 12.1 Å². The Kier molecular flexibility index (Phi) is 5.38. The van der Waals surface area contributed by atoms with Gasteiger partial charge in [-0.2, -0.15) is 0 Å². The van der Waals surface area contributed by atoms with E-state index in [1.807, 2.05) is 49.5 Å². The summed E-state index contributed by atoms with van der Waals surface area (Å²) in [5, 5.41) is 0. The number of rotatable bonds is 6. The van der Waals surface area contributed by atoms with Gasteiger partial charge in [0, 0.05) is 25.7 Å². The van der Waals surface area contributed by atoms with Crippen molar-refractivity contribution in [2.45, 2.75) is 25.8 Å². The van der Waals surface area contributed by atoms with E-state index in [9.17, 15) is 4.79 Å². The van der Waals surface area contributed by atoms with Gasteiger partial charge in [-0.05, 0) is 30.0 Å². The van der Waals surface area contributed by atoms with Gasteiger partial charge in [0.2, 0.25) is 5.91 Å². The molecule has 0 atom stereocenters. The van der Waals surface area contributed by atoms with Crippen molar-refractivity contribution < 1.29 is 4.79 Å². The van der Waals surface area contributed by atoms with Crippen molar-refractivity contribution in [2.24, 2.45) is 0 Å². The minimum atomic E-state index is 0.161. The first-order chi connectivity index (χ1) is 10.2. The summed E-state index contributed by atoms with van der Waals surface area (Å²) in [7, 11) is 1.83. The molecule has 0 heterocycles. The van der Waals surface area contributed by atoms with Crippen LogP contribution in [0.5, 0.6) is 0 Å². The zero-order valence-electron chi connectivity index (χ0n) is 12.5. The van der Waals surface area contributed by atoms with Crippen molar-refractivity contribution in [3.05, 3.63) is 65.7 Å². The normalized spacial score (nSPS) is 10.3. The van der Waals surface area contributed by atoms with E-state index < -0.39 is 0 Å². The van der Waals surface area contributed by atoms with Gasteiger partial charge in [-0.1, -0.05) is 48.5 Å². The number of nitrogen functional groups attached to an aromatic ring is 1.